The zero-order chi connectivity index (χ0) is 22.1. The van der Waals surface area contributed by atoms with E-state index in [4.69, 9.17) is 11.6 Å². The number of aromatic nitrogens is 1. The summed E-state index contributed by atoms with van der Waals surface area (Å²) in [6.07, 6.45) is 1.92. The lowest BCUT2D eigenvalue weighted by Gasteiger charge is -2.14. The lowest BCUT2D eigenvalue weighted by molar-refractivity contribution is -0.616. The first kappa shape index (κ1) is 21.0. The van der Waals surface area contributed by atoms with Crippen molar-refractivity contribution in [2.24, 2.45) is 0 Å². The van der Waals surface area contributed by atoms with Gasteiger partial charge in [0, 0.05) is 27.9 Å². The maximum absolute atomic E-state index is 12.6. The fourth-order valence-electron chi connectivity index (χ4n) is 3.53. The van der Waals surface area contributed by atoms with Crippen molar-refractivity contribution >= 4 is 29.0 Å². The Morgan fingerprint density at radius 2 is 1.84 bits per heavy atom. The van der Waals surface area contributed by atoms with Gasteiger partial charge in [-0.05, 0) is 79.3 Å². The molecule has 31 heavy (non-hydrogen) atoms. The molecule has 1 saturated carbocycles. The van der Waals surface area contributed by atoms with Gasteiger partial charge in [-0.1, -0.05) is 17.7 Å². The molecule has 0 bridgehead atoms. The topological polar surface area (TPSA) is 93.3 Å². The van der Waals surface area contributed by atoms with Crippen LogP contribution in [0, 0.1) is 5.21 Å². The van der Waals surface area contributed by atoms with Gasteiger partial charge in [-0.25, -0.2) is 0 Å². The summed E-state index contributed by atoms with van der Waals surface area (Å²) >= 11 is 6.16. The number of ketones is 1. The Kier molecular flexibility index (Phi) is 5.76. The zero-order valence-electron chi connectivity index (χ0n) is 16.8. The third-order valence-corrected chi connectivity index (χ3v) is 5.61. The predicted molar refractivity (Wildman–Crippen MR) is 118 cm³/mol. The van der Waals surface area contributed by atoms with E-state index in [1.54, 1.807) is 30.3 Å². The number of Topliss-reactive ketones (excluding diaryl/α,β-unsaturated/α-hetero) is 1. The number of anilines is 1. The van der Waals surface area contributed by atoms with E-state index in [-0.39, 0.29) is 11.5 Å². The van der Waals surface area contributed by atoms with Crippen molar-refractivity contribution in [1.82, 2.24) is 0 Å². The summed E-state index contributed by atoms with van der Waals surface area (Å²) in [5.41, 5.74) is 3.54. The fourth-order valence-corrected chi connectivity index (χ4v) is 3.70. The molecule has 0 radical (unpaired) electrons. The van der Waals surface area contributed by atoms with E-state index in [2.05, 4.69) is 5.32 Å². The molecular formula is C24H21ClN2O4. The van der Waals surface area contributed by atoms with Crippen molar-refractivity contribution in [3.05, 3.63) is 87.8 Å². The highest BCUT2D eigenvalue weighted by Crippen LogP contribution is 2.45. The highest BCUT2D eigenvalue weighted by Gasteiger charge is 2.29. The van der Waals surface area contributed by atoms with E-state index in [0.29, 0.717) is 32.5 Å². The third-order valence-electron chi connectivity index (χ3n) is 5.38. The molecule has 1 heterocycles. The smallest absolute Gasteiger partial charge is 0.264 e. The summed E-state index contributed by atoms with van der Waals surface area (Å²) < 4.78 is 0.510. The number of hydrogen-bond donors (Lipinski definition) is 2. The number of carbonyl (C=O) groups excluding carboxylic acids is 2. The number of rotatable bonds is 6. The maximum atomic E-state index is 12.6. The summed E-state index contributed by atoms with van der Waals surface area (Å²) in [7, 11) is 0. The van der Waals surface area contributed by atoms with Crippen molar-refractivity contribution in [3.8, 4) is 11.1 Å². The van der Waals surface area contributed by atoms with Crippen LogP contribution in [0.3, 0.4) is 0 Å². The quantitative estimate of drug-likeness (QED) is 0.340. The number of carbonyl (C=O) groups is 2. The molecule has 1 aromatic heterocycles. The predicted octanol–water partition coefficient (Wildman–Crippen LogP) is 4.39. The molecule has 0 spiro atoms. The average Bonchev–Trinajstić information content (AvgIpc) is 3.58. The molecule has 158 valence electrons. The van der Waals surface area contributed by atoms with Crippen molar-refractivity contribution in [2.75, 3.05) is 5.32 Å². The van der Waals surface area contributed by atoms with Gasteiger partial charge in [-0.2, -0.15) is 4.73 Å². The van der Waals surface area contributed by atoms with E-state index < -0.39 is 12.0 Å². The zero-order valence-corrected chi connectivity index (χ0v) is 17.6. The fraction of sp³-hybridized carbons (Fsp3) is 0.208. The Morgan fingerprint density at radius 1 is 1.13 bits per heavy atom. The van der Waals surface area contributed by atoms with E-state index >= 15 is 0 Å². The summed E-state index contributed by atoms with van der Waals surface area (Å²) in [6, 6.07) is 15.1. The molecule has 1 aliphatic rings. The molecule has 6 nitrogen and oxygen atoms in total. The molecule has 0 aliphatic heterocycles. The molecule has 1 amide bonds. The van der Waals surface area contributed by atoms with Crippen LogP contribution >= 0.6 is 11.6 Å². The van der Waals surface area contributed by atoms with E-state index in [9.17, 15) is 19.9 Å². The first-order valence-electron chi connectivity index (χ1n) is 9.96. The molecule has 2 aromatic carbocycles. The van der Waals surface area contributed by atoms with Crippen molar-refractivity contribution in [2.45, 2.75) is 31.8 Å². The van der Waals surface area contributed by atoms with E-state index in [1.165, 1.54) is 19.2 Å². The molecule has 2 N–H and O–H groups in total. The molecule has 1 fully saturated rings. The van der Waals surface area contributed by atoms with Crippen LogP contribution in [0.4, 0.5) is 5.69 Å². The van der Waals surface area contributed by atoms with Gasteiger partial charge in [0.2, 0.25) is 11.8 Å². The Balaban J connectivity index is 1.54. The molecule has 0 saturated heterocycles. The lowest BCUT2D eigenvalue weighted by atomic mass is 9.97. The van der Waals surface area contributed by atoms with Crippen molar-refractivity contribution in [1.29, 1.82) is 0 Å². The largest absolute Gasteiger partial charge is 0.618 e. The molecule has 3 aromatic rings. The first-order valence-corrected chi connectivity index (χ1v) is 10.3. The second-order valence-electron chi connectivity index (χ2n) is 7.70. The van der Waals surface area contributed by atoms with Gasteiger partial charge in [0.15, 0.2) is 12.0 Å². The lowest BCUT2D eigenvalue weighted by Crippen LogP contribution is -2.37. The first-order chi connectivity index (χ1) is 14.8. The van der Waals surface area contributed by atoms with E-state index in [1.807, 2.05) is 18.2 Å². The number of nitrogens with one attached hydrogen (secondary N) is 1. The van der Waals surface area contributed by atoms with Crippen LogP contribution in [0.1, 0.15) is 53.4 Å². The van der Waals surface area contributed by atoms with Crippen molar-refractivity contribution in [3.63, 3.8) is 0 Å². The number of benzene rings is 2. The molecule has 4 rings (SSSR count). The van der Waals surface area contributed by atoms with Gasteiger partial charge in [0.05, 0.1) is 0 Å². The van der Waals surface area contributed by atoms with E-state index in [0.717, 1.165) is 24.0 Å². The minimum absolute atomic E-state index is 0.0865. The molecular weight excluding hydrogens is 416 g/mol. The Bertz CT molecular complexity index is 1160. The summed E-state index contributed by atoms with van der Waals surface area (Å²) in [4.78, 5) is 23.8. The molecule has 1 atom stereocenters. The number of amides is 1. The van der Waals surface area contributed by atoms with Gasteiger partial charge in [0.25, 0.3) is 5.91 Å². The van der Waals surface area contributed by atoms with Crippen LogP contribution in [0.15, 0.2) is 60.8 Å². The second-order valence-corrected chi connectivity index (χ2v) is 8.14. The van der Waals surface area contributed by atoms with Gasteiger partial charge < -0.3 is 15.6 Å². The number of nitrogens with zero attached hydrogens (tertiary/aromatic N) is 1. The summed E-state index contributed by atoms with van der Waals surface area (Å²) in [5.74, 6) is -0.359. The number of hydrogen-bond acceptors (Lipinski definition) is 4. The van der Waals surface area contributed by atoms with Gasteiger partial charge in [-0.15, -0.1) is 0 Å². The number of pyridine rings is 1. The van der Waals surface area contributed by atoms with Gasteiger partial charge in [0.1, 0.15) is 0 Å². The van der Waals surface area contributed by atoms with Gasteiger partial charge in [-0.3, -0.25) is 9.59 Å². The van der Waals surface area contributed by atoms with Crippen LogP contribution in [-0.4, -0.2) is 16.8 Å². The summed E-state index contributed by atoms with van der Waals surface area (Å²) in [5, 5.41) is 26.2. The van der Waals surface area contributed by atoms with Gasteiger partial charge >= 0.3 is 0 Å². The van der Waals surface area contributed by atoms with Crippen LogP contribution in [0.25, 0.3) is 11.1 Å². The summed E-state index contributed by atoms with van der Waals surface area (Å²) in [6.45, 7) is 1.45. The number of aliphatic hydroxyl groups is 1. The molecule has 1 unspecified atom stereocenters. The minimum Gasteiger partial charge on any atom is -0.618 e. The SMILES string of the molecule is CC(=O)c1ccc(NC(=O)C(O)c2ccc(-c3cc(Cl)ccc3C3CC3)c[n+]2[O-])cc1. The highest BCUT2D eigenvalue weighted by atomic mass is 35.5. The van der Waals surface area contributed by atoms with Crippen molar-refractivity contribution < 1.29 is 19.4 Å². The standard InChI is InChI=1S/C24H21ClN2O4/c1-14(28)15-4-8-19(9-5-15)26-24(30)23(29)22-11-6-17(13-27(22)31)21-12-18(25)7-10-20(21)16-2-3-16/h4-13,16,23,29H,2-3H2,1H3,(H,26,30). The second kappa shape index (κ2) is 8.49. The Labute approximate surface area is 184 Å². The molecule has 7 heteroatoms. The average molecular weight is 437 g/mol. The Morgan fingerprint density at radius 3 is 2.45 bits per heavy atom. The van der Waals surface area contributed by atoms with Crippen LogP contribution in [-0.2, 0) is 4.79 Å². The third kappa shape index (κ3) is 4.60. The van der Waals surface area contributed by atoms with Crippen LogP contribution in [0.5, 0.6) is 0 Å². The normalized spacial score (nSPS) is 14.2. The highest BCUT2D eigenvalue weighted by molar-refractivity contribution is 6.30. The minimum atomic E-state index is -1.65. The monoisotopic (exact) mass is 436 g/mol. The maximum Gasteiger partial charge on any atom is 0.264 e. The molecule has 1 aliphatic carbocycles. The Hall–Kier alpha value is -3.22. The number of halogens is 1. The number of aliphatic hydroxyl groups excluding tert-OH is 1. The van der Waals surface area contributed by atoms with Crippen LogP contribution in [0.2, 0.25) is 5.02 Å². The van der Waals surface area contributed by atoms with Crippen LogP contribution < -0.4 is 10.0 Å².